The van der Waals surface area contributed by atoms with E-state index < -0.39 is 5.60 Å². The van der Waals surface area contributed by atoms with Crippen molar-refractivity contribution < 1.29 is 14.3 Å². The molecular weight excluding hydrogens is 278 g/mol. The molecule has 3 aliphatic rings. The second-order valence-electron chi connectivity index (χ2n) is 7.87. The van der Waals surface area contributed by atoms with Gasteiger partial charge in [0.15, 0.2) is 0 Å². The molecule has 0 saturated carbocycles. The first-order chi connectivity index (χ1) is 10.4. The Bertz CT molecular complexity index is 446. The van der Waals surface area contributed by atoms with Crippen LogP contribution in [0.5, 0.6) is 0 Å². The van der Waals surface area contributed by atoms with E-state index in [-0.39, 0.29) is 12.1 Å². The summed E-state index contributed by atoms with van der Waals surface area (Å²) >= 11 is 0. The van der Waals surface area contributed by atoms with Crippen LogP contribution in [0.2, 0.25) is 0 Å². The van der Waals surface area contributed by atoms with Crippen molar-refractivity contribution in [3.63, 3.8) is 0 Å². The molecule has 0 N–H and O–H groups in total. The van der Waals surface area contributed by atoms with Gasteiger partial charge in [0.25, 0.3) is 0 Å². The van der Waals surface area contributed by atoms with Gasteiger partial charge in [0.05, 0.1) is 6.04 Å². The molecule has 0 aromatic heterocycles. The third-order valence-electron chi connectivity index (χ3n) is 5.02. The van der Waals surface area contributed by atoms with Crippen LogP contribution in [0.15, 0.2) is 11.6 Å². The predicted octanol–water partition coefficient (Wildman–Crippen LogP) is 3.90. The molecule has 2 bridgehead atoms. The Hall–Kier alpha value is -1.03. The van der Waals surface area contributed by atoms with Crippen molar-refractivity contribution in [2.75, 3.05) is 13.2 Å². The summed E-state index contributed by atoms with van der Waals surface area (Å²) in [6.45, 7) is 7.58. The highest BCUT2D eigenvalue weighted by Gasteiger charge is 2.40. The molecule has 3 rings (SSSR count). The average Bonchev–Trinajstić information content (AvgIpc) is 2.45. The Balaban J connectivity index is 1.74. The topological polar surface area (TPSA) is 38.8 Å². The van der Waals surface area contributed by atoms with Gasteiger partial charge >= 0.3 is 6.09 Å². The van der Waals surface area contributed by atoms with Gasteiger partial charge in [-0.2, -0.15) is 0 Å². The Morgan fingerprint density at radius 2 is 1.95 bits per heavy atom. The Labute approximate surface area is 133 Å². The van der Waals surface area contributed by atoms with E-state index in [1.54, 1.807) is 5.57 Å². The minimum Gasteiger partial charge on any atom is -0.444 e. The van der Waals surface area contributed by atoms with Crippen LogP contribution in [-0.2, 0) is 9.47 Å². The fourth-order valence-corrected chi connectivity index (χ4v) is 4.03. The third kappa shape index (κ3) is 3.48. The number of amides is 1. The van der Waals surface area contributed by atoms with E-state index in [9.17, 15) is 4.79 Å². The van der Waals surface area contributed by atoms with Gasteiger partial charge in [-0.15, -0.1) is 0 Å². The monoisotopic (exact) mass is 307 g/mol. The molecule has 4 nitrogen and oxygen atoms in total. The molecule has 2 atom stereocenters. The van der Waals surface area contributed by atoms with Gasteiger partial charge in [-0.05, 0) is 65.2 Å². The van der Waals surface area contributed by atoms with Gasteiger partial charge in [0.2, 0.25) is 0 Å². The lowest BCUT2D eigenvalue weighted by atomic mass is 9.78. The lowest BCUT2D eigenvalue weighted by Crippen LogP contribution is -2.53. The first-order valence-corrected chi connectivity index (χ1v) is 8.74. The maximum Gasteiger partial charge on any atom is 0.411 e. The number of carbonyl (C=O) groups is 1. The molecule has 0 radical (unpaired) electrons. The van der Waals surface area contributed by atoms with Crippen LogP contribution in [0.25, 0.3) is 0 Å². The number of hydrogen-bond acceptors (Lipinski definition) is 3. The minimum absolute atomic E-state index is 0.135. The van der Waals surface area contributed by atoms with Crippen LogP contribution in [0.1, 0.15) is 59.3 Å². The maximum atomic E-state index is 12.6. The molecule has 3 heterocycles. The van der Waals surface area contributed by atoms with E-state index in [4.69, 9.17) is 9.47 Å². The summed E-state index contributed by atoms with van der Waals surface area (Å²) in [5, 5.41) is 0. The van der Waals surface area contributed by atoms with Gasteiger partial charge in [0.1, 0.15) is 5.60 Å². The van der Waals surface area contributed by atoms with Crippen molar-refractivity contribution in [3.8, 4) is 0 Å². The molecule has 0 aliphatic carbocycles. The summed E-state index contributed by atoms with van der Waals surface area (Å²) in [6.07, 6.45) is 8.93. The summed E-state index contributed by atoms with van der Waals surface area (Å²) in [4.78, 5) is 14.6. The van der Waals surface area contributed by atoms with Crippen LogP contribution in [0, 0.1) is 5.92 Å². The van der Waals surface area contributed by atoms with Crippen LogP contribution in [0.4, 0.5) is 4.79 Å². The van der Waals surface area contributed by atoms with Gasteiger partial charge in [-0.25, -0.2) is 4.79 Å². The Kier molecular flexibility index (Phi) is 4.49. The number of piperidine rings is 1. The summed E-state index contributed by atoms with van der Waals surface area (Å²) in [5.41, 5.74) is 1.15. The summed E-state index contributed by atoms with van der Waals surface area (Å²) < 4.78 is 11.1. The van der Waals surface area contributed by atoms with E-state index >= 15 is 0 Å². The smallest absolute Gasteiger partial charge is 0.411 e. The zero-order valence-electron chi connectivity index (χ0n) is 14.1. The lowest BCUT2D eigenvalue weighted by molar-refractivity contribution is -0.00314. The molecule has 0 aromatic rings. The van der Waals surface area contributed by atoms with Crippen molar-refractivity contribution in [3.05, 3.63) is 11.6 Å². The third-order valence-corrected chi connectivity index (χ3v) is 5.02. The summed E-state index contributed by atoms with van der Waals surface area (Å²) in [6, 6.07) is 0.566. The predicted molar refractivity (Wildman–Crippen MR) is 85.7 cm³/mol. The standard InChI is InChI=1S/C18H29NO3/c1-18(2,3)22-17(20)19-15-5-4-6-16(19)12-14(11-15)13-7-9-21-10-8-13/h11,13,15-16H,4-10,12H2,1-3H3. The normalized spacial score (nSPS) is 30.0. The number of hydrogen-bond donors (Lipinski definition) is 0. The SMILES string of the molecule is CC(C)(C)OC(=O)N1C2C=C(C3CCOCC3)CC1CCC2. The van der Waals surface area contributed by atoms with E-state index in [0.717, 1.165) is 45.3 Å². The van der Waals surface area contributed by atoms with Crippen LogP contribution in [-0.4, -0.2) is 41.9 Å². The van der Waals surface area contributed by atoms with Crippen molar-refractivity contribution in [1.29, 1.82) is 0 Å². The number of carbonyl (C=O) groups excluding carboxylic acids is 1. The van der Waals surface area contributed by atoms with E-state index in [0.29, 0.717) is 12.0 Å². The van der Waals surface area contributed by atoms with Gasteiger partial charge in [-0.1, -0.05) is 11.6 Å². The fraction of sp³-hybridized carbons (Fsp3) is 0.833. The second-order valence-corrected chi connectivity index (χ2v) is 7.87. The maximum absolute atomic E-state index is 12.6. The van der Waals surface area contributed by atoms with E-state index in [1.807, 2.05) is 25.7 Å². The van der Waals surface area contributed by atoms with Crippen molar-refractivity contribution >= 4 is 6.09 Å². The van der Waals surface area contributed by atoms with Crippen LogP contribution in [0.3, 0.4) is 0 Å². The van der Waals surface area contributed by atoms with Crippen molar-refractivity contribution in [2.45, 2.75) is 77.0 Å². The molecular formula is C18H29NO3. The van der Waals surface area contributed by atoms with Crippen LogP contribution < -0.4 is 0 Å². The highest BCUT2D eigenvalue weighted by molar-refractivity contribution is 5.70. The molecule has 2 saturated heterocycles. The number of nitrogens with zero attached hydrogens (tertiary/aromatic N) is 1. The van der Waals surface area contributed by atoms with Crippen molar-refractivity contribution in [2.24, 2.45) is 5.92 Å². The first-order valence-electron chi connectivity index (χ1n) is 8.74. The lowest BCUT2D eigenvalue weighted by Gasteiger charge is -2.46. The quantitative estimate of drug-likeness (QED) is 0.690. The fourth-order valence-electron chi connectivity index (χ4n) is 4.03. The zero-order chi connectivity index (χ0) is 15.7. The highest BCUT2D eigenvalue weighted by atomic mass is 16.6. The molecule has 4 heteroatoms. The van der Waals surface area contributed by atoms with Crippen molar-refractivity contribution in [1.82, 2.24) is 4.90 Å². The average molecular weight is 307 g/mol. The summed E-state index contributed by atoms with van der Waals surface area (Å²) in [7, 11) is 0. The number of fused-ring (bicyclic) bond motifs is 2. The number of rotatable bonds is 1. The molecule has 2 fully saturated rings. The molecule has 2 unspecified atom stereocenters. The molecule has 3 aliphatic heterocycles. The van der Waals surface area contributed by atoms with Gasteiger partial charge < -0.3 is 9.47 Å². The first kappa shape index (κ1) is 15.9. The second kappa shape index (κ2) is 6.23. The molecule has 0 aromatic carbocycles. The zero-order valence-corrected chi connectivity index (χ0v) is 14.1. The summed E-state index contributed by atoms with van der Waals surface area (Å²) in [5.74, 6) is 0.664. The van der Waals surface area contributed by atoms with Gasteiger partial charge in [0, 0.05) is 19.3 Å². The van der Waals surface area contributed by atoms with E-state index in [2.05, 4.69) is 6.08 Å². The van der Waals surface area contributed by atoms with E-state index in [1.165, 1.54) is 6.42 Å². The Morgan fingerprint density at radius 1 is 1.23 bits per heavy atom. The molecule has 1 amide bonds. The molecule has 22 heavy (non-hydrogen) atoms. The highest BCUT2D eigenvalue weighted by Crippen LogP contribution is 2.39. The molecule has 0 spiro atoms. The molecule has 124 valence electrons. The number of ether oxygens (including phenoxy) is 2. The largest absolute Gasteiger partial charge is 0.444 e. The Morgan fingerprint density at radius 3 is 2.59 bits per heavy atom. The van der Waals surface area contributed by atoms with Crippen LogP contribution >= 0.6 is 0 Å². The van der Waals surface area contributed by atoms with Gasteiger partial charge in [-0.3, -0.25) is 4.90 Å². The minimum atomic E-state index is -0.421.